The molecule has 0 saturated heterocycles. The summed E-state index contributed by atoms with van der Waals surface area (Å²) >= 11 is 1.64. The molecule has 1 heterocycles. The van der Waals surface area contributed by atoms with Gasteiger partial charge in [-0.3, -0.25) is 0 Å². The van der Waals surface area contributed by atoms with Crippen molar-refractivity contribution in [1.29, 1.82) is 0 Å². The van der Waals surface area contributed by atoms with Crippen molar-refractivity contribution >= 4 is 11.3 Å². The summed E-state index contributed by atoms with van der Waals surface area (Å²) in [5.74, 6) is -1.59. The Morgan fingerprint density at radius 1 is 1.37 bits per heavy atom. The maximum Gasteiger partial charge on any atom is 0.163 e. The highest BCUT2D eigenvalue weighted by atomic mass is 32.1. The van der Waals surface area contributed by atoms with Gasteiger partial charge in [-0.25, -0.2) is 13.8 Å². The van der Waals surface area contributed by atoms with Gasteiger partial charge >= 0.3 is 0 Å². The molecule has 0 aliphatic carbocycles. The molecule has 102 valence electrons. The molecule has 0 amide bonds. The lowest BCUT2D eigenvalue weighted by Gasteiger charge is -2.14. The maximum atomic E-state index is 13.6. The van der Waals surface area contributed by atoms with Crippen molar-refractivity contribution in [1.82, 2.24) is 10.3 Å². The number of hydrogen-bond donors (Lipinski definition) is 1. The van der Waals surface area contributed by atoms with Crippen LogP contribution < -0.4 is 5.32 Å². The fourth-order valence-electron chi connectivity index (χ4n) is 1.80. The Bertz CT molecular complexity index is 554. The van der Waals surface area contributed by atoms with E-state index in [0.717, 1.165) is 17.5 Å². The summed E-state index contributed by atoms with van der Waals surface area (Å²) in [6.45, 7) is 4.45. The fraction of sp³-hybridized carbons (Fsp3) is 0.357. The van der Waals surface area contributed by atoms with E-state index in [-0.39, 0.29) is 6.04 Å². The maximum absolute atomic E-state index is 13.6. The van der Waals surface area contributed by atoms with Gasteiger partial charge in [0, 0.05) is 29.2 Å². The average molecular weight is 282 g/mol. The number of aromatic nitrogens is 1. The minimum absolute atomic E-state index is 0.260. The molecule has 19 heavy (non-hydrogen) atoms. The van der Waals surface area contributed by atoms with E-state index in [9.17, 15) is 8.78 Å². The van der Waals surface area contributed by atoms with Crippen molar-refractivity contribution in [2.75, 3.05) is 0 Å². The second-order valence-corrected chi connectivity index (χ2v) is 5.52. The molecule has 0 radical (unpaired) electrons. The molecular weight excluding hydrogens is 266 g/mol. The third-order valence-corrected chi connectivity index (χ3v) is 4.10. The normalized spacial score (nSPS) is 12.6. The Labute approximate surface area is 115 Å². The van der Waals surface area contributed by atoms with E-state index >= 15 is 0 Å². The topological polar surface area (TPSA) is 24.9 Å². The summed E-state index contributed by atoms with van der Waals surface area (Å²) < 4.78 is 26.7. The Balaban J connectivity index is 2.01. The van der Waals surface area contributed by atoms with Gasteiger partial charge in [-0.05, 0) is 19.4 Å². The predicted octanol–water partition coefficient (Wildman–Crippen LogP) is 3.83. The zero-order valence-electron chi connectivity index (χ0n) is 10.9. The van der Waals surface area contributed by atoms with Crippen LogP contribution in [-0.4, -0.2) is 4.98 Å². The van der Waals surface area contributed by atoms with E-state index in [1.165, 1.54) is 10.9 Å². The highest BCUT2D eigenvalue weighted by molar-refractivity contribution is 7.11. The second kappa shape index (κ2) is 6.21. The van der Waals surface area contributed by atoms with Gasteiger partial charge in [0.1, 0.15) is 5.01 Å². The Hall–Kier alpha value is -1.33. The molecule has 0 bridgehead atoms. The molecule has 0 aliphatic heterocycles. The summed E-state index contributed by atoms with van der Waals surface area (Å²) in [4.78, 5) is 5.50. The SMILES string of the molecule is CCc1cnc(CNC(C)c2cccc(F)c2F)s1. The van der Waals surface area contributed by atoms with Crippen LogP contribution >= 0.6 is 11.3 Å². The van der Waals surface area contributed by atoms with Gasteiger partial charge in [-0.1, -0.05) is 19.1 Å². The van der Waals surface area contributed by atoms with Gasteiger partial charge in [-0.2, -0.15) is 0 Å². The Morgan fingerprint density at radius 3 is 2.84 bits per heavy atom. The summed E-state index contributed by atoms with van der Waals surface area (Å²) in [6.07, 6.45) is 2.82. The minimum Gasteiger partial charge on any atom is -0.304 e. The van der Waals surface area contributed by atoms with Crippen molar-refractivity contribution in [3.05, 3.63) is 51.5 Å². The number of hydrogen-bond acceptors (Lipinski definition) is 3. The quantitative estimate of drug-likeness (QED) is 0.901. The molecule has 1 atom stereocenters. The van der Waals surface area contributed by atoms with Crippen molar-refractivity contribution in [3.8, 4) is 0 Å². The highest BCUT2D eigenvalue weighted by Crippen LogP contribution is 2.20. The van der Waals surface area contributed by atoms with Crippen molar-refractivity contribution in [3.63, 3.8) is 0 Å². The van der Waals surface area contributed by atoms with Crippen molar-refractivity contribution in [2.24, 2.45) is 0 Å². The summed E-state index contributed by atoms with van der Waals surface area (Å²) in [5.41, 5.74) is 0.340. The third kappa shape index (κ3) is 3.36. The largest absolute Gasteiger partial charge is 0.304 e. The first-order chi connectivity index (χ1) is 9.11. The lowest BCUT2D eigenvalue weighted by Crippen LogP contribution is -2.19. The van der Waals surface area contributed by atoms with Gasteiger partial charge in [-0.15, -0.1) is 11.3 Å². The average Bonchev–Trinajstić information content (AvgIpc) is 2.87. The molecule has 5 heteroatoms. The van der Waals surface area contributed by atoms with Crippen LogP contribution in [0.1, 0.15) is 35.3 Å². The molecule has 1 aromatic heterocycles. The van der Waals surface area contributed by atoms with E-state index in [2.05, 4.69) is 17.2 Å². The first-order valence-corrected chi connectivity index (χ1v) is 7.04. The molecule has 0 spiro atoms. The first kappa shape index (κ1) is 14.1. The number of halogens is 2. The molecule has 0 fully saturated rings. The van der Waals surface area contributed by atoms with Gasteiger partial charge in [0.15, 0.2) is 11.6 Å². The summed E-state index contributed by atoms with van der Waals surface area (Å²) in [6, 6.07) is 3.98. The number of thiazole rings is 1. The monoisotopic (exact) mass is 282 g/mol. The molecule has 0 saturated carbocycles. The number of rotatable bonds is 5. The zero-order chi connectivity index (χ0) is 13.8. The van der Waals surface area contributed by atoms with E-state index in [1.807, 2.05) is 13.1 Å². The van der Waals surface area contributed by atoms with Crippen molar-refractivity contribution in [2.45, 2.75) is 32.9 Å². The number of nitrogens with zero attached hydrogens (tertiary/aromatic N) is 1. The molecule has 2 aromatic rings. The number of nitrogens with one attached hydrogen (secondary N) is 1. The Kier molecular flexibility index (Phi) is 4.61. The predicted molar refractivity (Wildman–Crippen MR) is 73.1 cm³/mol. The van der Waals surface area contributed by atoms with E-state index in [1.54, 1.807) is 17.4 Å². The van der Waals surface area contributed by atoms with Gasteiger partial charge in [0.25, 0.3) is 0 Å². The fourth-order valence-corrected chi connectivity index (χ4v) is 2.61. The lowest BCUT2D eigenvalue weighted by molar-refractivity contribution is 0.472. The molecule has 1 unspecified atom stereocenters. The van der Waals surface area contributed by atoms with Crippen LogP contribution in [0.25, 0.3) is 0 Å². The summed E-state index contributed by atoms with van der Waals surface area (Å²) in [7, 11) is 0. The van der Waals surface area contributed by atoms with Crippen LogP contribution in [0.5, 0.6) is 0 Å². The van der Waals surface area contributed by atoms with E-state index in [4.69, 9.17) is 0 Å². The number of aryl methyl sites for hydroxylation is 1. The van der Waals surface area contributed by atoms with Crippen LogP contribution in [0.3, 0.4) is 0 Å². The van der Waals surface area contributed by atoms with Crippen LogP contribution in [-0.2, 0) is 13.0 Å². The van der Waals surface area contributed by atoms with Crippen LogP contribution in [0.4, 0.5) is 8.78 Å². The zero-order valence-corrected chi connectivity index (χ0v) is 11.7. The minimum atomic E-state index is -0.811. The van der Waals surface area contributed by atoms with Crippen LogP contribution in [0, 0.1) is 11.6 Å². The van der Waals surface area contributed by atoms with Gasteiger partial charge in [0.05, 0.1) is 0 Å². The van der Waals surface area contributed by atoms with E-state index in [0.29, 0.717) is 12.1 Å². The van der Waals surface area contributed by atoms with Gasteiger partial charge < -0.3 is 5.32 Å². The van der Waals surface area contributed by atoms with Crippen LogP contribution in [0.15, 0.2) is 24.4 Å². The molecular formula is C14H16F2N2S. The molecule has 2 nitrogen and oxygen atoms in total. The molecule has 1 aromatic carbocycles. The molecule has 2 rings (SSSR count). The third-order valence-electron chi connectivity index (χ3n) is 2.96. The number of benzene rings is 1. The van der Waals surface area contributed by atoms with E-state index < -0.39 is 11.6 Å². The van der Waals surface area contributed by atoms with Gasteiger partial charge in [0.2, 0.25) is 0 Å². The summed E-state index contributed by atoms with van der Waals surface area (Å²) in [5, 5.41) is 4.12. The standard InChI is InChI=1S/C14H16F2N2S/c1-3-10-7-18-13(19-10)8-17-9(2)11-5-4-6-12(15)14(11)16/h4-7,9,17H,3,8H2,1-2H3. The Morgan fingerprint density at radius 2 is 2.16 bits per heavy atom. The van der Waals surface area contributed by atoms with Crippen LogP contribution in [0.2, 0.25) is 0 Å². The lowest BCUT2D eigenvalue weighted by atomic mass is 10.1. The molecule has 1 N–H and O–H groups in total. The first-order valence-electron chi connectivity index (χ1n) is 6.22. The molecule has 0 aliphatic rings. The second-order valence-electron chi connectivity index (χ2n) is 4.32. The highest BCUT2D eigenvalue weighted by Gasteiger charge is 2.14. The van der Waals surface area contributed by atoms with Crippen molar-refractivity contribution < 1.29 is 8.78 Å². The smallest absolute Gasteiger partial charge is 0.163 e.